The molecule has 1 aromatic carbocycles. The molecule has 0 bridgehead atoms. The van der Waals surface area contributed by atoms with Crippen molar-refractivity contribution in [3.8, 4) is 0 Å². The van der Waals surface area contributed by atoms with Gasteiger partial charge in [-0.3, -0.25) is 4.79 Å². The molecular weight excluding hydrogens is 372 g/mol. The van der Waals surface area contributed by atoms with Gasteiger partial charge in [-0.15, -0.1) is 24.2 Å². The molecule has 3 nitrogen and oxygen atoms in total. The zero-order valence-electron chi connectivity index (χ0n) is 12.4. The lowest BCUT2D eigenvalue weighted by atomic mass is 10.2. The van der Waals surface area contributed by atoms with Gasteiger partial charge in [-0.05, 0) is 56.5 Å². The number of thioether (sulfide) groups is 1. The van der Waals surface area contributed by atoms with Crippen molar-refractivity contribution in [3.63, 3.8) is 0 Å². The van der Waals surface area contributed by atoms with E-state index < -0.39 is 0 Å². The topological polar surface area (TPSA) is 41.1 Å². The number of hydrogen-bond acceptors (Lipinski definition) is 3. The zero-order valence-corrected chi connectivity index (χ0v) is 15.6. The van der Waals surface area contributed by atoms with Gasteiger partial charge in [-0.2, -0.15) is 0 Å². The quantitative estimate of drug-likeness (QED) is 0.753. The summed E-state index contributed by atoms with van der Waals surface area (Å²) in [4.78, 5) is 13.0. The van der Waals surface area contributed by atoms with Gasteiger partial charge in [-0.1, -0.05) is 15.9 Å². The van der Waals surface area contributed by atoms with Crippen LogP contribution >= 0.6 is 40.1 Å². The van der Waals surface area contributed by atoms with E-state index in [2.05, 4.69) is 52.5 Å². The third-order valence-electron chi connectivity index (χ3n) is 3.52. The van der Waals surface area contributed by atoms with Crippen LogP contribution in [0.15, 0.2) is 21.5 Å². The maximum atomic E-state index is 11.9. The summed E-state index contributed by atoms with van der Waals surface area (Å²) in [5, 5.41) is 6.39. The van der Waals surface area contributed by atoms with Crippen molar-refractivity contribution in [2.24, 2.45) is 0 Å². The molecule has 1 unspecified atom stereocenters. The van der Waals surface area contributed by atoms with Crippen LogP contribution < -0.4 is 10.6 Å². The molecule has 1 amide bonds. The fraction of sp³-hybridized carbons (Fsp3) is 0.533. The number of rotatable bonds is 5. The zero-order chi connectivity index (χ0) is 14.5. The van der Waals surface area contributed by atoms with Crippen LogP contribution in [0.25, 0.3) is 0 Å². The van der Waals surface area contributed by atoms with Crippen LogP contribution in [0.1, 0.15) is 24.0 Å². The smallest absolute Gasteiger partial charge is 0.230 e. The highest BCUT2D eigenvalue weighted by Crippen LogP contribution is 2.28. The molecule has 21 heavy (non-hydrogen) atoms. The van der Waals surface area contributed by atoms with Crippen LogP contribution in [0.5, 0.6) is 0 Å². The van der Waals surface area contributed by atoms with Crippen molar-refractivity contribution >= 4 is 46.0 Å². The highest BCUT2D eigenvalue weighted by Gasteiger charge is 2.14. The SMILES string of the molecule is Cc1cc(SCC(=O)NCC2CCCN2)c(C)cc1Br.Cl. The van der Waals surface area contributed by atoms with Gasteiger partial charge in [0, 0.05) is 22.0 Å². The van der Waals surface area contributed by atoms with E-state index in [0.717, 1.165) is 17.6 Å². The molecule has 1 saturated heterocycles. The van der Waals surface area contributed by atoms with E-state index in [4.69, 9.17) is 0 Å². The van der Waals surface area contributed by atoms with Crippen molar-refractivity contribution in [2.45, 2.75) is 37.6 Å². The normalized spacial score (nSPS) is 17.4. The second-order valence-corrected chi connectivity index (χ2v) is 7.12. The molecule has 1 aliphatic rings. The van der Waals surface area contributed by atoms with Crippen LogP contribution in [0.3, 0.4) is 0 Å². The van der Waals surface area contributed by atoms with Crippen LogP contribution in [0.4, 0.5) is 0 Å². The van der Waals surface area contributed by atoms with E-state index in [1.54, 1.807) is 11.8 Å². The van der Waals surface area contributed by atoms with Gasteiger partial charge in [0.15, 0.2) is 0 Å². The Morgan fingerprint density at radius 2 is 2.19 bits per heavy atom. The minimum absolute atomic E-state index is 0. The van der Waals surface area contributed by atoms with Crippen LogP contribution in [0, 0.1) is 13.8 Å². The Morgan fingerprint density at radius 1 is 1.43 bits per heavy atom. The van der Waals surface area contributed by atoms with E-state index in [1.165, 1.54) is 28.9 Å². The number of carbonyl (C=O) groups excluding carboxylic acids is 1. The summed E-state index contributed by atoms with van der Waals surface area (Å²) in [6.45, 7) is 5.97. The van der Waals surface area contributed by atoms with Gasteiger partial charge >= 0.3 is 0 Å². The Bertz CT molecular complexity index is 493. The number of carbonyl (C=O) groups is 1. The van der Waals surface area contributed by atoms with E-state index in [0.29, 0.717) is 11.8 Å². The van der Waals surface area contributed by atoms with Gasteiger partial charge < -0.3 is 10.6 Å². The van der Waals surface area contributed by atoms with E-state index in [9.17, 15) is 4.79 Å². The highest BCUT2D eigenvalue weighted by molar-refractivity contribution is 9.10. The molecule has 1 aromatic rings. The van der Waals surface area contributed by atoms with Crippen LogP contribution in [-0.2, 0) is 4.79 Å². The Hall–Kier alpha value is -0.230. The van der Waals surface area contributed by atoms with Gasteiger partial charge in [0.2, 0.25) is 5.91 Å². The average Bonchev–Trinajstić information content (AvgIpc) is 2.92. The van der Waals surface area contributed by atoms with Crippen molar-refractivity contribution < 1.29 is 4.79 Å². The molecule has 1 aliphatic heterocycles. The lowest BCUT2D eigenvalue weighted by Gasteiger charge is -2.12. The van der Waals surface area contributed by atoms with E-state index in [-0.39, 0.29) is 18.3 Å². The second-order valence-electron chi connectivity index (χ2n) is 5.25. The molecule has 6 heteroatoms. The fourth-order valence-electron chi connectivity index (χ4n) is 2.27. The summed E-state index contributed by atoms with van der Waals surface area (Å²) in [5.74, 6) is 0.595. The van der Waals surface area contributed by atoms with E-state index in [1.807, 2.05) is 0 Å². The highest BCUT2D eigenvalue weighted by atomic mass is 79.9. The lowest BCUT2D eigenvalue weighted by molar-refractivity contribution is -0.118. The molecule has 1 fully saturated rings. The minimum Gasteiger partial charge on any atom is -0.354 e. The minimum atomic E-state index is 0. The Balaban J connectivity index is 0.00000220. The molecule has 2 N–H and O–H groups in total. The number of amides is 1. The lowest BCUT2D eigenvalue weighted by Crippen LogP contribution is -2.37. The summed E-state index contributed by atoms with van der Waals surface area (Å²) >= 11 is 5.13. The number of benzene rings is 1. The molecule has 1 heterocycles. The summed E-state index contributed by atoms with van der Waals surface area (Å²) in [6, 6.07) is 4.70. The number of nitrogens with one attached hydrogen (secondary N) is 2. The molecule has 0 spiro atoms. The number of halogens is 2. The van der Waals surface area contributed by atoms with Gasteiger partial charge in [0.1, 0.15) is 0 Å². The van der Waals surface area contributed by atoms with Crippen molar-refractivity contribution in [2.75, 3.05) is 18.8 Å². The monoisotopic (exact) mass is 392 g/mol. The van der Waals surface area contributed by atoms with Crippen molar-refractivity contribution in [3.05, 3.63) is 27.7 Å². The standard InChI is InChI=1S/C15H21BrN2OS.ClH/c1-10-7-14(11(2)6-13(10)16)20-9-15(19)18-8-12-4-3-5-17-12;/h6-7,12,17H,3-5,8-9H2,1-2H3,(H,18,19);1H. The predicted molar refractivity (Wildman–Crippen MR) is 95.6 cm³/mol. The summed E-state index contributed by atoms with van der Waals surface area (Å²) in [5.41, 5.74) is 2.41. The predicted octanol–water partition coefficient (Wildman–Crippen LogP) is 3.45. The first-order valence-corrected chi connectivity index (χ1v) is 8.74. The molecule has 1 atom stereocenters. The third kappa shape index (κ3) is 5.81. The first kappa shape index (κ1) is 18.8. The Kier molecular flexibility index (Phi) is 8.09. The third-order valence-corrected chi connectivity index (χ3v) is 5.53. The van der Waals surface area contributed by atoms with E-state index >= 15 is 0 Å². The summed E-state index contributed by atoms with van der Waals surface area (Å²) in [6.07, 6.45) is 2.38. The maximum Gasteiger partial charge on any atom is 0.230 e. The molecule has 2 rings (SSSR count). The molecule has 118 valence electrons. The summed E-state index contributed by atoms with van der Waals surface area (Å²) < 4.78 is 1.12. The van der Waals surface area contributed by atoms with Crippen molar-refractivity contribution in [1.29, 1.82) is 0 Å². The molecule has 0 saturated carbocycles. The van der Waals surface area contributed by atoms with Crippen molar-refractivity contribution in [1.82, 2.24) is 10.6 Å². The largest absolute Gasteiger partial charge is 0.354 e. The van der Waals surface area contributed by atoms with Gasteiger partial charge in [0.05, 0.1) is 5.75 Å². The first-order chi connectivity index (χ1) is 9.56. The second kappa shape index (κ2) is 9.03. The number of aryl methyl sites for hydroxylation is 2. The maximum absolute atomic E-state index is 11.9. The van der Waals surface area contributed by atoms with Gasteiger partial charge in [-0.25, -0.2) is 0 Å². The molecule has 0 radical (unpaired) electrons. The molecular formula is C15H22BrClN2OS. The summed E-state index contributed by atoms with van der Waals surface area (Å²) in [7, 11) is 0. The Morgan fingerprint density at radius 3 is 2.86 bits per heavy atom. The number of hydrogen-bond donors (Lipinski definition) is 2. The first-order valence-electron chi connectivity index (χ1n) is 6.96. The molecule has 0 aliphatic carbocycles. The Labute approximate surface area is 145 Å². The van der Waals surface area contributed by atoms with Crippen LogP contribution in [0.2, 0.25) is 0 Å². The molecule has 0 aromatic heterocycles. The fourth-order valence-corrected chi connectivity index (χ4v) is 3.67. The van der Waals surface area contributed by atoms with Gasteiger partial charge in [0.25, 0.3) is 0 Å². The van der Waals surface area contributed by atoms with Crippen LogP contribution in [-0.4, -0.2) is 30.8 Å². The average molecular weight is 394 g/mol.